The van der Waals surface area contributed by atoms with Crippen molar-refractivity contribution in [2.24, 2.45) is 9.98 Å². The lowest BCUT2D eigenvalue weighted by Crippen LogP contribution is -2.12. The lowest BCUT2D eigenvalue weighted by Gasteiger charge is -2.09. The topological polar surface area (TPSA) is 75.9 Å². The highest BCUT2D eigenvalue weighted by atomic mass is 16.3. The van der Waals surface area contributed by atoms with Gasteiger partial charge in [-0.1, -0.05) is 12.1 Å². The van der Waals surface area contributed by atoms with Crippen molar-refractivity contribution in [1.82, 2.24) is 4.57 Å². The number of para-hydroxylation sites is 1. The Morgan fingerprint density at radius 1 is 1.29 bits per heavy atom. The number of hydrogen-bond acceptors (Lipinski definition) is 4. The molecule has 1 aromatic heterocycles. The van der Waals surface area contributed by atoms with E-state index < -0.39 is 0 Å². The van der Waals surface area contributed by atoms with Gasteiger partial charge in [-0.15, -0.1) is 0 Å². The van der Waals surface area contributed by atoms with Gasteiger partial charge in [0.25, 0.3) is 0 Å². The number of nitrogens with two attached hydrogens (primary N) is 1. The number of nitrogen functional groups attached to an aromatic ring is 1. The molecule has 2 aromatic rings. The summed E-state index contributed by atoms with van der Waals surface area (Å²) in [4.78, 5) is 8.86. The zero-order valence-corrected chi connectivity index (χ0v) is 12.3. The van der Waals surface area contributed by atoms with Gasteiger partial charge in [0.15, 0.2) is 0 Å². The standard InChI is InChI=1S/C16H20N4O/c1-3-18-13-9-16(17)20(4-2)11-14(13)19-10-12-7-5-6-8-15(12)21/h5-11,21H,3-4,17H2,1-2H3. The van der Waals surface area contributed by atoms with Gasteiger partial charge in [-0.05, 0) is 26.0 Å². The molecule has 0 fully saturated rings. The number of aryl methyl sites for hydroxylation is 1. The molecule has 0 aliphatic heterocycles. The number of aromatic nitrogens is 1. The Balaban J connectivity index is 2.48. The number of nitrogens with zero attached hydrogens (tertiary/aromatic N) is 3. The van der Waals surface area contributed by atoms with Crippen LogP contribution in [0.3, 0.4) is 0 Å². The number of hydrogen-bond donors (Lipinski definition) is 2. The van der Waals surface area contributed by atoms with Crippen LogP contribution in [0.1, 0.15) is 19.4 Å². The van der Waals surface area contributed by atoms with Crippen molar-refractivity contribution in [3.63, 3.8) is 0 Å². The van der Waals surface area contributed by atoms with Gasteiger partial charge < -0.3 is 15.4 Å². The fourth-order valence-corrected chi connectivity index (χ4v) is 1.99. The molecule has 1 aromatic carbocycles. The second-order valence-corrected chi connectivity index (χ2v) is 4.55. The van der Waals surface area contributed by atoms with Gasteiger partial charge in [-0.2, -0.15) is 0 Å². The van der Waals surface area contributed by atoms with E-state index in [0.29, 0.717) is 17.9 Å². The number of rotatable bonds is 4. The van der Waals surface area contributed by atoms with Crippen LogP contribution in [0.25, 0.3) is 0 Å². The summed E-state index contributed by atoms with van der Waals surface area (Å²) in [6.07, 6.45) is 3.51. The van der Waals surface area contributed by atoms with Crippen LogP contribution in [0.5, 0.6) is 5.75 Å². The maximum absolute atomic E-state index is 9.77. The molecule has 5 nitrogen and oxygen atoms in total. The summed E-state index contributed by atoms with van der Waals surface area (Å²) in [5.74, 6) is 0.861. The minimum atomic E-state index is 0.203. The SMILES string of the molecule is CCN=c1cc(N)n(CC)cc1N=Cc1ccccc1O. The molecular weight excluding hydrogens is 264 g/mol. The first-order valence-electron chi connectivity index (χ1n) is 6.98. The van der Waals surface area contributed by atoms with E-state index in [1.807, 2.05) is 36.7 Å². The van der Waals surface area contributed by atoms with Gasteiger partial charge in [0.05, 0.1) is 5.36 Å². The fourth-order valence-electron chi connectivity index (χ4n) is 1.99. The normalized spacial score (nSPS) is 12.2. The number of anilines is 1. The smallest absolute Gasteiger partial charge is 0.124 e. The van der Waals surface area contributed by atoms with Crippen molar-refractivity contribution in [3.8, 4) is 5.75 Å². The summed E-state index contributed by atoms with van der Waals surface area (Å²) in [5.41, 5.74) is 7.37. The quantitative estimate of drug-likeness (QED) is 0.846. The van der Waals surface area contributed by atoms with E-state index in [0.717, 1.165) is 17.6 Å². The van der Waals surface area contributed by atoms with E-state index in [2.05, 4.69) is 9.98 Å². The van der Waals surface area contributed by atoms with Crippen molar-refractivity contribution in [2.45, 2.75) is 20.4 Å². The monoisotopic (exact) mass is 284 g/mol. The molecule has 3 N–H and O–H groups in total. The van der Waals surface area contributed by atoms with Gasteiger partial charge >= 0.3 is 0 Å². The molecule has 0 amide bonds. The maximum atomic E-state index is 9.77. The Kier molecular flexibility index (Phi) is 4.77. The van der Waals surface area contributed by atoms with Crippen molar-refractivity contribution < 1.29 is 5.11 Å². The minimum Gasteiger partial charge on any atom is -0.507 e. The van der Waals surface area contributed by atoms with E-state index in [9.17, 15) is 5.11 Å². The first-order chi connectivity index (χ1) is 10.2. The summed E-state index contributed by atoms with van der Waals surface area (Å²) >= 11 is 0. The predicted molar refractivity (Wildman–Crippen MR) is 86.0 cm³/mol. The highest BCUT2D eigenvalue weighted by molar-refractivity contribution is 5.85. The molecule has 0 bridgehead atoms. The minimum absolute atomic E-state index is 0.203. The molecule has 0 radical (unpaired) electrons. The summed E-state index contributed by atoms with van der Waals surface area (Å²) in [6.45, 7) is 5.41. The number of aliphatic imine (C=N–C) groups is 1. The van der Waals surface area contributed by atoms with Crippen LogP contribution >= 0.6 is 0 Å². The molecule has 1 heterocycles. The van der Waals surface area contributed by atoms with E-state index in [-0.39, 0.29) is 5.75 Å². The highest BCUT2D eigenvalue weighted by Crippen LogP contribution is 2.15. The molecule has 0 aliphatic carbocycles. The molecule has 21 heavy (non-hydrogen) atoms. The highest BCUT2D eigenvalue weighted by Gasteiger charge is 2.01. The van der Waals surface area contributed by atoms with Crippen molar-refractivity contribution in [1.29, 1.82) is 0 Å². The van der Waals surface area contributed by atoms with Gasteiger partial charge in [-0.25, -0.2) is 0 Å². The van der Waals surface area contributed by atoms with E-state index in [1.54, 1.807) is 24.4 Å². The number of aromatic hydroxyl groups is 1. The van der Waals surface area contributed by atoms with Crippen molar-refractivity contribution in [2.75, 3.05) is 12.3 Å². The average Bonchev–Trinajstić information content (AvgIpc) is 2.48. The lowest BCUT2D eigenvalue weighted by molar-refractivity contribution is 0.474. The number of pyridine rings is 1. The molecule has 2 rings (SSSR count). The van der Waals surface area contributed by atoms with E-state index >= 15 is 0 Å². The zero-order chi connectivity index (χ0) is 15.2. The van der Waals surface area contributed by atoms with Crippen LogP contribution < -0.4 is 11.1 Å². The van der Waals surface area contributed by atoms with Crippen molar-refractivity contribution >= 4 is 17.7 Å². The van der Waals surface area contributed by atoms with Gasteiger partial charge in [0.2, 0.25) is 0 Å². The van der Waals surface area contributed by atoms with Crippen LogP contribution in [0.4, 0.5) is 11.5 Å². The van der Waals surface area contributed by atoms with E-state index in [1.165, 1.54) is 0 Å². The van der Waals surface area contributed by atoms with Crippen LogP contribution in [0, 0.1) is 0 Å². The molecule has 0 aliphatic rings. The Labute approximate surface area is 124 Å². The summed E-state index contributed by atoms with van der Waals surface area (Å²) in [6, 6.07) is 8.89. The Bertz CT molecular complexity index is 716. The first-order valence-corrected chi connectivity index (χ1v) is 6.98. The molecular formula is C16H20N4O. The zero-order valence-electron chi connectivity index (χ0n) is 12.3. The first kappa shape index (κ1) is 14.8. The second-order valence-electron chi connectivity index (χ2n) is 4.55. The van der Waals surface area contributed by atoms with Crippen LogP contribution in [0.2, 0.25) is 0 Å². The summed E-state index contributed by atoms with van der Waals surface area (Å²) in [7, 11) is 0. The van der Waals surface area contributed by atoms with Gasteiger partial charge in [-0.3, -0.25) is 9.98 Å². The molecule has 110 valence electrons. The molecule has 5 heteroatoms. The Morgan fingerprint density at radius 2 is 2.05 bits per heavy atom. The summed E-state index contributed by atoms with van der Waals surface area (Å²) in [5, 5.41) is 10.5. The average molecular weight is 284 g/mol. The number of benzene rings is 1. The largest absolute Gasteiger partial charge is 0.507 e. The fraction of sp³-hybridized carbons (Fsp3) is 0.250. The second kappa shape index (κ2) is 6.74. The van der Waals surface area contributed by atoms with E-state index in [4.69, 9.17) is 5.73 Å². The molecule has 0 unspecified atom stereocenters. The maximum Gasteiger partial charge on any atom is 0.124 e. The third kappa shape index (κ3) is 3.51. The molecule has 0 saturated carbocycles. The Morgan fingerprint density at radius 3 is 2.71 bits per heavy atom. The number of phenols is 1. The summed E-state index contributed by atoms with van der Waals surface area (Å²) < 4.78 is 1.91. The molecule has 0 atom stereocenters. The molecule has 0 saturated heterocycles. The van der Waals surface area contributed by atoms with Gasteiger partial charge in [0.1, 0.15) is 17.3 Å². The van der Waals surface area contributed by atoms with Crippen LogP contribution in [0.15, 0.2) is 46.5 Å². The number of phenolic OH excluding ortho intramolecular Hbond substituents is 1. The van der Waals surface area contributed by atoms with Crippen LogP contribution in [-0.4, -0.2) is 22.4 Å². The third-order valence-corrected chi connectivity index (χ3v) is 3.11. The van der Waals surface area contributed by atoms with Gasteiger partial charge in [0, 0.05) is 37.1 Å². The predicted octanol–water partition coefficient (Wildman–Crippen LogP) is 2.47. The lowest BCUT2D eigenvalue weighted by atomic mass is 10.2. The molecule has 0 spiro atoms. The third-order valence-electron chi connectivity index (χ3n) is 3.11. The Hall–Kier alpha value is -2.56. The van der Waals surface area contributed by atoms with Crippen molar-refractivity contribution in [3.05, 3.63) is 47.4 Å². The van der Waals surface area contributed by atoms with Crippen LogP contribution in [-0.2, 0) is 6.54 Å².